The van der Waals surface area contributed by atoms with Crippen LogP contribution in [0.4, 0.5) is 5.69 Å². The number of amides is 1. The zero-order chi connectivity index (χ0) is 24.7. The Labute approximate surface area is 208 Å². The fourth-order valence-electron chi connectivity index (χ4n) is 4.30. The molecular weight excluding hydrogens is 474 g/mol. The molecule has 0 spiro atoms. The van der Waals surface area contributed by atoms with Crippen molar-refractivity contribution in [3.63, 3.8) is 0 Å². The largest absolute Gasteiger partial charge is 0.495 e. The summed E-state index contributed by atoms with van der Waals surface area (Å²) in [5.74, 6) is 0.0670. The molecular formula is C25H34ClN3O4S. The molecule has 1 fully saturated rings. The fraction of sp³-hybridized carbons (Fsp3) is 0.480. The Balaban J connectivity index is 1.68. The van der Waals surface area contributed by atoms with Crippen LogP contribution < -0.4 is 14.4 Å². The molecule has 0 saturated carbocycles. The molecule has 1 atom stereocenters. The van der Waals surface area contributed by atoms with Crippen LogP contribution >= 0.6 is 11.6 Å². The number of nitrogens with zero attached hydrogens (tertiary/aromatic N) is 2. The first kappa shape index (κ1) is 26.3. The smallest absolute Gasteiger partial charge is 0.244 e. The number of sulfonamides is 1. The van der Waals surface area contributed by atoms with Crippen molar-refractivity contribution in [2.45, 2.75) is 51.7 Å². The molecule has 1 N–H and O–H groups in total. The van der Waals surface area contributed by atoms with Gasteiger partial charge in [-0.25, -0.2) is 8.42 Å². The fourth-order valence-corrected chi connectivity index (χ4v) is 5.75. The van der Waals surface area contributed by atoms with Crippen LogP contribution in [0.1, 0.15) is 43.7 Å². The highest BCUT2D eigenvalue weighted by Crippen LogP contribution is 2.31. The Kier molecular flexibility index (Phi) is 9.22. The molecule has 2 aromatic carbocycles. The topological polar surface area (TPSA) is 79.0 Å². The van der Waals surface area contributed by atoms with Crippen LogP contribution in [-0.2, 0) is 27.9 Å². The number of hydrogen-bond donors (Lipinski definition) is 1. The van der Waals surface area contributed by atoms with E-state index in [1.165, 1.54) is 38.0 Å². The molecule has 1 saturated heterocycles. The lowest BCUT2D eigenvalue weighted by Crippen LogP contribution is -2.49. The zero-order valence-electron chi connectivity index (χ0n) is 20.1. The molecule has 34 heavy (non-hydrogen) atoms. The number of benzene rings is 2. The number of likely N-dealkylation sites (tertiary alicyclic amines) is 1. The quantitative estimate of drug-likeness (QED) is 0.521. The highest BCUT2D eigenvalue weighted by atomic mass is 35.5. The molecule has 186 valence electrons. The van der Waals surface area contributed by atoms with E-state index in [2.05, 4.69) is 22.3 Å². The number of piperidine rings is 1. The summed E-state index contributed by atoms with van der Waals surface area (Å²) in [5, 5.41) is 3.17. The highest BCUT2D eigenvalue weighted by Gasteiger charge is 2.31. The number of methoxy groups -OCH3 is 1. The number of halogens is 1. The van der Waals surface area contributed by atoms with E-state index in [1.807, 2.05) is 12.1 Å². The Morgan fingerprint density at radius 1 is 1.12 bits per heavy atom. The lowest BCUT2D eigenvalue weighted by Gasteiger charge is -2.30. The molecule has 1 unspecified atom stereocenters. The van der Waals surface area contributed by atoms with Gasteiger partial charge in [0.15, 0.2) is 0 Å². The molecule has 1 aliphatic heterocycles. The average Bonchev–Trinajstić information content (AvgIpc) is 2.81. The van der Waals surface area contributed by atoms with Gasteiger partial charge in [-0.1, -0.05) is 49.2 Å². The normalized spacial score (nSPS) is 15.5. The monoisotopic (exact) mass is 507 g/mol. The predicted molar refractivity (Wildman–Crippen MR) is 137 cm³/mol. The third kappa shape index (κ3) is 6.87. The van der Waals surface area contributed by atoms with Crippen molar-refractivity contribution in [3.05, 3.63) is 58.6 Å². The summed E-state index contributed by atoms with van der Waals surface area (Å²) in [6.45, 7) is 5.33. The van der Waals surface area contributed by atoms with Crippen molar-refractivity contribution >= 4 is 33.2 Å². The molecule has 7 nitrogen and oxygen atoms in total. The van der Waals surface area contributed by atoms with Crippen molar-refractivity contribution in [2.24, 2.45) is 0 Å². The summed E-state index contributed by atoms with van der Waals surface area (Å²) in [4.78, 5) is 15.5. The molecule has 1 heterocycles. The van der Waals surface area contributed by atoms with Gasteiger partial charge in [0.05, 0.1) is 24.1 Å². The maximum absolute atomic E-state index is 13.1. The van der Waals surface area contributed by atoms with E-state index >= 15 is 0 Å². The summed E-state index contributed by atoms with van der Waals surface area (Å²) < 4.78 is 31.6. The predicted octanol–water partition coefficient (Wildman–Crippen LogP) is 4.20. The molecule has 0 radical (unpaired) electrons. The van der Waals surface area contributed by atoms with Gasteiger partial charge in [-0.3, -0.25) is 14.0 Å². The first-order chi connectivity index (χ1) is 16.2. The number of hydrogen-bond acceptors (Lipinski definition) is 5. The SMILES string of the molecule is CCC(C(=O)NCc1ccc(CN2CCCCC2)cc1)N(c1ccc(OC)c(Cl)c1)S(C)(=O)=O. The van der Waals surface area contributed by atoms with Gasteiger partial charge < -0.3 is 10.1 Å². The summed E-state index contributed by atoms with van der Waals surface area (Å²) in [6, 6.07) is 12.0. The van der Waals surface area contributed by atoms with Crippen molar-refractivity contribution in [1.29, 1.82) is 0 Å². The minimum Gasteiger partial charge on any atom is -0.495 e. The average molecular weight is 508 g/mol. The lowest BCUT2D eigenvalue weighted by molar-refractivity contribution is -0.122. The summed E-state index contributed by atoms with van der Waals surface area (Å²) in [6.07, 6.45) is 5.22. The van der Waals surface area contributed by atoms with Crippen molar-refractivity contribution in [2.75, 3.05) is 30.8 Å². The standard InChI is InChI=1S/C25H34ClN3O4S/c1-4-23(29(34(3,31)32)21-12-13-24(33-2)22(26)16-21)25(30)27-17-19-8-10-20(11-9-19)18-28-14-6-5-7-15-28/h8-13,16,23H,4-7,14-15,17-18H2,1-3H3,(H,27,30). The molecule has 0 bridgehead atoms. The summed E-state index contributed by atoms with van der Waals surface area (Å²) in [7, 11) is -2.26. The van der Waals surface area contributed by atoms with Crippen molar-refractivity contribution in [3.8, 4) is 5.75 Å². The van der Waals surface area contributed by atoms with Gasteiger partial charge in [0.2, 0.25) is 15.9 Å². The molecule has 1 amide bonds. The molecule has 0 aromatic heterocycles. The van der Waals surface area contributed by atoms with E-state index in [4.69, 9.17) is 16.3 Å². The van der Waals surface area contributed by atoms with E-state index in [9.17, 15) is 13.2 Å². The van der Waals surface area contributed by atoms with E-state index in [0.717, 1.165) is 35.8 Å². The Morgan fingerprint density at radius 2 is 1.76 bits per heavy atom. The highest BCUT2D eigenvalue weighted by molar-refractivity contribution is 7.92. The van der Waals surface area contributed by atoms with Crippen molar-refractivity contribution in [1.82, 2.24) is 10.2 Å². The maximum Gasteiger partial charge on any atom is 0.244 e. The van der Waals surface area contributed by atoms with Crippen LogP contribution in [0.3, 0.4) is 0 Å². The maximum atomic E-state index is 13.1. The second-order valence-corrected chi connectivity index (χ2v) is 10.9. The minimum atomic E-state index is -3.75. The van der Waals surface area contributed by atoms with Gasteiger partial charge in [-0.15, -0.1) is 0 Å². The molecule has 9 heteroatoms. The third-order valence-corrected chi connectivity index (χ3v) is 7.54. The Bertz CT molecular complexity index is 1070. The van der Waals surface area contributed by atoms with Crippen LogP contribution in [0.25, 0.3) is 0 Å². The minimum absolute atomic E-state index is 0.272. The van der Waals surface area contributed by atoms with Gasteiger partial charge in [0.25, 0.3) is 0 Å². The summed E-state index contributed by atoms with van der Waals surface area (Å²) >= 11 is 6.22. The first-order valence-electron chi connectivity index (χ1n) is 11.6. The van der Waals surface area contributed by atoms with E-state index in [1.54, 1.807) is 19.1 Å². The molecule has 0 aliphatic carbocycles. The Hall–Kier alpha value is -2.29. The Morgan fingerprint density at radius 3 is 2.32 bits per heavy atom. The lowest BCUT2D eigenvalue weighted by atomic mass is 10.1. The number of carbonyl (C=O) groups excluding carboxylic acids is 1. The van der Waals surface area contributed by atoms with E-state index in [0.29, 0.717) is 24.4 Å². The van der Waals surface area contributed by atoms with Crippen LogP contribution in [0.5, 0.6) is 5.75 Å². The van der Waals surface area contributed by atoms with Gasteiger partial charge >= 0.3 is 0 Å². The van der Waals surface area contributed by atoms with Gasteiger partial charge in [-0.05, 0) is 61.7 Å². The van der Waals surface area contributed by atoms with Crippen LogP contribution in [0, 0.1) is 0 Å². The summed E-state index contributed by atoms with van der Waals surface area (Å²) in [5.41, 5.74) is 2.53. The molecule has 1 aliphatic rings. The number of rotatable bonds is 10. The molecule has 2 aromatic rings. The van der Waals surface area contributed by atoms with Gasteiger partial charge in [0, 0.05) is 13.1 Å². The second-order valence-electron chi connectivity index (χ2n) is 8.67. The number of ether oxygens (including phenoxy) is 1. The first-order valence-corrected chi connectivity index (χ1v) is 13.9. The van der Waals surface area contributed by atoms with E-state index in [-0.39, 0.29) is 10.9 Å². The van der Waals surface area contributed by atoms with Gasteiger partial charge in [-0.2, -0.15) is 0 Å². The van der Waals surface area contributed by atoms with Crippen molar-refractivity contribution < 1.29 is 17.9 Å². The van der Waals surface area contributed by atoms with E-state index < -0.39 is 16.1 Å². The van der Waals surface area contributed by atoms with Crippen LogP contribution in [-0.4, -0.2) is 51.7 Å². The van der Waals surface area contributed by atoms with Crippen LogP contribution in [0.15, 0.2) is 42.5 Å². The zero-order valence-corrected chi connectivity index (χ0v) is 21.7. The molecule has 3 rings (SSSR count). The van der Waals surface area contributed by atoms with Gasteiger partial charge in [0.1, 0.15) is 11.8 Å². The number of nitrogens with one attached hydrogen (secondary N) is 1. The second kappa shape index (κ2) is 11.9. The van der Waals surface area contributed by atoms with Crippen LogP contribution in [0.2, 0.25) is 5.02 Å². The number of carbonyl (C=O) groups is 1. The third-order valence-electron chi connectivity index (χ3n) is 6.06. The number of anilines is 1.